The van der Waals surface area contributed by atoms with Gasteiger partial charge >= 0.3 is 0 Å². The summed E-state index contributed by atoms with van der Waals surface area (Å²) in [6.45, 7) is 0. The zero-order valence-electron chi connectivity index (χ0n) is 11.8. The van der Waals surface area contributed by atoms with Gasteiger partial charge in [-0.15, -0.1) is 0 Å². The molecule has 1 N–H and O–H groups in total. The predicted molar refractivity (Wildman–Crippen MR) is 81.0 cm³/mol. The molecule has 1 aromatic carbocycles. The van der Waals surface area contributed by atoms with Gasteiger partial charge in [-0.3, -0.25) is 0 Å². The number of fused-ring (bicyclic) bond motifs is 1. The summed E-state index contributed by atoms with van der Waals surface area (Å²) in [6, 6.07) is 8.77. The molecule has 2 aliphatic rings. The summed E-state index contributed by atoms with van der Waals surface area (Å²) in [6.07, 6.45) is 6.05. The second kappa shape index (κ2) is 4.58. The molecule has 1 saturated carbocycles. The largest absolute Gasteiger partial charge is 0.373 e. The van der Waals surface area contributed by atoms with E-state index in [0.717, 1.165) is 36.0 Å². The number of aryl methyl sites for hydroxylation is 1. The second-order valence-electron chi connectivity index (χ2n) is 5.82. The fraction of sp³-hybridized carbons (Fsp3) is 0.412. The molecule has 2 aliphatic carbocycles. The Hall–Kier alpha value is -1.90. The maximum Gasteiger partial charge on any atom is 0.161 e. The molecular weight excluding hydrogens is 246 g/mol. The van der Waals surface area contributed by atoms with Gasteiger partial charge in [-0.05, 0) is 49.7 Å². The third kappa shape index (κ3) is 1.98. The van der Waals surface area contributed by atoms with Crippen molar-refractivity contribution in [3.63, 3.8) is 0 Å². The van der Waals surface area contributed by atoms with Crippen LogP contribution in [-0.4, -0.2) is 17.0 Å². The van der Waals surface area contributed by atoms with Gasteiger partial charge in [-0.2, -0.15) is 0 Å². The van der Waals surface area contributed by atoms with Gasteiger partial charge in [0.15, 0.2) is 5.82 Å². The summed E-state index contributed by atoms with van der Waals surface area (Å²) in [5.41, 5.74) is 5.14. The number of hydrogen-bond donors (Lipinski definition) is 1. The summed E-state index contributed by atoms with van der Waals surface area (Å²) in [7, 11) is 1.95. The first-order valence-electron chi connectivity index (χ1n) is 7.53. The van der Waals surface area contributed by atoms with Crippen molar-refractivity contribution in [3.8, 4) is 11.4 Å². The lowest BCUT2D eigenvalue weighted by molar-refractivity contribution is 0.900. The lowest BCUT2D eigenvalue weighted by Crippen LogP contribution is -2.03. The van der Waals surface area contributed by atoms with Crippen LogP contribution in [0.4, 0.5) is 5.82 Å². The highest BCUT2D eigenvalue weighted by molar-refractivity contribution is 5.61. The molecule has 1 fully saturated rings. The van der Waals surface area contributed by atoms with Gasteiger partial charge in [0, 0.05) is 23.9 Å². The van der Waals surface area contributed by atoms with E-state index in [2.05, 4.69) is 29.6 Å². The SMILES string of the molecule is CNc1nc(-c2cccc(C3CC3)c2)nc2c1CCC2. The molecule has 102 valence electrons. The lowest BCUT2D eigenvalue weighted by atomic mass is 10.1. The molecule has 0 atom stereocenters. The molecule has 3 heteroatoms. The monoisotopic (exact) mass is 265 g/mol. The van der Waals surface area contributed by atoms with Crippen molar-refractivity contribution in [2.75, 3.05) is 12.4 Å². The second-order valence-corrected chi connectivity index (χ2v) is 5.82. The molecule has 3 nitrogen and oxygen atoms in total. The quantitative estimate of drug-likeness (QED) is 0.922. The summed E-state index contributed by atoms with van der Waals surface area (Å²) in [5, 5.41) is 3.24. The van der Waals surface area contributed by atoms with Crippen molar-refractivity contribution in [2.45, 2.75) is 38.0 Å². The molecule has 4 rings (SSSR count). The van der Waals surface area contributed by atoms with Gasteiger partial charge in [0.05, 0.1) is 0 Å². The summed E-state index contributed by atoms with van der Waals surface area (Å²) >= 11 is 0. The van der Waals surface area contributed by atoms with Crippen LogP contribution in [0.1, 0.15) is 42.0 Å². The van der Waals surface area contributed by atoms with Gasteiger partial charge in [0.1, 0.15) is 5.82 Å². The van der Waals surface area contributed by atoms with E-state index in [-0.39, 0.29) is 0 Å². The fourth-order valence-corrected chi connectivity index (χ4v) is 3.12. The average Bonchev–Trinajstić information content (AvgIpc) is 3.24. The van der Waals surface area contributed by atoms with Gasteiger partial charge < -0.3 is 5.32 Å². The minimum absolute atomic E-state index is 0.771. The van der Waals surface area contributed by atoms with E-state index < -0.39 is 0 Å². The Bertz CT molecular complexity index is 659. The van der Waals surface area contributed by atoms with Crippen molar-refractivity contribution in [1.29, 1.82) is 0 Å². The highest BCUT2D eigenvalue weighted by Crippen LogP contribution is 2.41. The van der Waals surface area contributed by atoms with E-state index >= 15 is 0 Å². The van der Waals surface area contributed by atoms with E-state index in [1.165, 1.54) is 36.1 Å². The number of hydrogen-bond acceptors (Lipinski definition) is 3. The molecule has 1 aromatic heterocycles. The van der Waals surface area contributed by atoms with E-state index in [1.807, 2.05) is 7.05 Å². The van der Waals surface area contributed by atoms with Crippen molar-refractivity contribution in [1.82, 2.24) is 9.97 Å². The Morgan fingerprint density at radius 1 is 1.15 bits per heavy atom. The van der Waals surface area contributed by atoms with Crippen LogP contribution in [0, 0.1) is 0 Å². The van der Waals surface area contributed by atoms with Crippen molar-refractivity contribution >= 4 is 5.82 Å². The smallest absolute Gasteiger partial charge is 0.161 e. The van der Waals surface area contributed by atoms with Crippen LogP contribution in [0.15, 0.2) is 24.3 Å². The summed E-state index contributed by atoms with van der Waals surface area (Å²) in [5.74, 6) is 2.66. The van der Waals surface area contributed by atoms with Gasteiger partial charge in [0.25, 0.3) is 0 Å². The molecule has 1 heterocycles. The third-order valence-electron chi connectivity index (χ3n) is 4.36. The van der Waals surface area contributed by atoms with E-state index in [4.69, 9.17) is 9.97 Å². The third-order valence-corrected chi connectivity index (χ3v) is 4.36. The number of aromatic nitrogens is 2. The van der Waals surface area contributed by atoms with Crippen LogP contribution in [0.25, 0.3) is 11.4 Å². The highest BCUT2D eigenvalue weighted by atomic mass is 15.0. The van der Waals surface area contributed by atoms with Crippen LogP contribution in [-0.2, 0) is 12.8 Å². The molecule has 0 bridgehead atoms. The van der Waals surface area contributed by atoms with Crippen LogP contribution in [0.3, 0.4) is 0 Å². The minimum atomic E-state index is 0.771. The number of nitrogens with zero attached hydrogens (tertiary/aromatic N) is 2. The standard InChI is InChI=1S/C17H19N3/c1-18-17-14-6-3-7-15(14)19-16(20-17)13-5-2-4-12(10-13)11-8-9-11/h2,4-5,10-11H,3,6-9H2,1H3,(H,18,19,20). The highest BCUT2D eigenvalue weighted by Gasteiger charge is 2.24. The first-order valence-corrected chi connectivity index (χ1v) is 7.53. The van der Waals surface area contributed by atoms with Crippen molar-refractivity contribution < 1.29 is 0 Å². The van der Waals surface area contributed by atoms with Crippen LogP contribution in [0.2, 0.25) is 0 Å². The van der Waals surface area contributed by atoms with Gasteiger partial charge in [-0.25, -0.2) is 9.97 Å². The molecule has 0 saturated heterocycles. The maximum atomic E-state index is 4.80. The van der Waals surface area contributed by atoms with Gasteiger partial charge in [-0.1, -0.05) is 18.2 Å². The van der Waals surface area contributed by atoms with Crippen molar-refractivity contribution in [3.05, 3.63) is 41.1 Å². The molecule has 20 heavy (non-hydrogen) atoms. The maximum absolute atomic E-state index is 4.80. The fourth-order valence-electron chi connectivity index (χ4n) is 3.12. The Morgan fingerprint density at radius 3 is 2.85 bits per heavy atom. The Morgan fingerprint density at radius 2 is 2.05 bits per heavy atom. The predicted octanol–water partition coefficient (Wildman–Crippen LogP) is 3.55. The average molecular weight is 265 g/mol. The van der Waals surface area contributed by atoms with E-state index in [0.29, 0.717) is 0 Å². The Kier molecular flexibility index (Phi) is 2.72. The molecular formula is C17H19N3. The molecule has 2 aromatic rings. The zero-order chi connectivity index (χ0) is 13.5. The molecule has 0 spiro atoms. The lowest BCUT2D eigenvalue weighted by Gasteiger charge is -2.10. The number of nitrogens with one attached hydrogen (secondary N) is 1. The number of anilines is 1. The number of benzene rings is 1. The van der Waals surface area contributed by atoms with Crippen molar-refractivity contribution in [2.24, 2.45) is 0 Å². The Balaban J connectivity index is 1.80. The minimum Gasteiger partial charge on any atom is -0.373 e. The van der Waals surface area contributed by atoms with E-state index in [9.17, 15) is 0 Å². The zero-order valence-corrected chi connectivity index (χ0v) is 11.8. The molecule has 0 unspecified atom stereocenters. The normalized spacial score (nSPS) is 17.1. The molecule has 0 amide bonds. The summed E-state index contributed by atoms with van der Waals surface area (Å²) < 4.78 is 0. The Labute approximate surface area is 119 Å². The summed E-state index contributed by atoms with van der Waals surface area (Å²) in [4.78, 5) is 9.53. The van der Waals surface area contributed by atoms with Crippen LogP contribution in [0.5, 0.6) is 0 Å². The topological polar surface area (TPSA) is 37.8 Å². The van der Waals surface area contributed by atoms with E-state index in [1.54, 1.807) is 0 Å². The molecule has 0 radical (unpaired) electrons. The molecule has 0 aliphatic heterocycles. The van der Waals surface area contributed by atoms with Gasteiger partial charge in [0.2, 0.25) is 0 Å². The van der Waals surface area contributed by atoms with Crippen LogP contribution >= 0.6 is 0 Å². The number of rotatable bonds is 3. The van der Waals surface area contributed by atoms with Crippen LogP contribution < -0.4 is 5.32 Å². The first-order chi connectivity index (χ1) is 9.85. The first kappa shape index (κ1) is 11.9.